The fraction of sp³-hybridized carbons (Fsp3) is 0.538. The Balaban J connectivity index is 1.92. The zero-order valence-electron chi connectivity index (χ0n) is 9.72. The number of aliphatic hydroxyl groups excluding tert-OH is 1. The normalized spacial score (nSPS) is 22.0. The van der Waals surface area contributed by atoms with E-state index in [4.69, 9.17) is 4.74 Å². The van der Waals surface area contributed by atoms with Gasteiger partial charge in [-0.05, 0) is 37.1 Å². The minimum Gasteiger partial charge on any atom is -0.497 e. The van der Waals surface area contributed by atoms with Gasteiger partial charge in [-0.25, -0.2) is 0 Å². The third-order valence-corrected chi connectivity index (χ3v) is 3.05. The molecule has 1 N–H and O–H groups in total. The molecule has 0 aromatic heterocycles. The molecule has 16 heavy (non-hydrogen) atoms. The van der Waals surface area contributed by atoms with Crippen molar-refractivity contribution >= 4 is 0 Å². The molecule has 0 saturated carbocycles. The highest BCUT2D eigenvalue weighted by atomic mass is 16.5. The molecule has 1 heterocycles. The summed E-state index contributed by atoms with van der Waals surface area (Å²) in [5, 5.41) is 9.58. The summed E-state index contributed by atoms with van der Waals surface area (Å²) < 4.78 is 5.12. The molecule has 3 heteroatoms. The lowest BCUT2D eigenvalue weighted by Gasteiger charge is -2.29. The third-order valence-electron chi connectivity index (χ3n) is 3.05. The summed E-state index contributed by atoms with van der Waals surface area (Å²) in [7, 11) is 1.68. The predicted molar refractivity (Wildman–Crippen MR) is 63.5 cm³/mol. The Hall–Kier alpha value is -1.06. The average molecular weight is 221 g/mol. The van der Waals surface area contributed by atoms with Crippen LogP contribution in [0.1, 0.15) is 18.4 Å². The first kappa shape index (κ1) is 11.4. The van der Waals surface area contributed by atoms with Crippen LogP contribution < -0.4 is 4.74 Å². The monoisotopic (exact) mass is 221 g/mol. The number of likely N-dealkylation sites (tertiary alicyclic amines) is 1. The van der Waals surface area contributed by atoms with Crippen molar-refractivity contribution in [3.63, 3.8) is 0 Å². The fourth-order valence-electron chi connectivity index (χ4n) is 2.16. The molecule has 1 aromatic carbocycles. The highest BCUT2D eigenvalue weighted by molar-refractivity contribution is 5.27. The van der Waals surface area contributed by atoms with E-state index in [1.807, 2.05) is 12.1 Å². The molecule has 1 aliphatic heterocycles. The smallest absolute Gasteiger partial charge is 0.118 e. The van der Waals surface area contributed by atoms with Crippen LogP contribution in [0.15, 0.2) is 24.3 Å². The number of rotatable bonds is 3. The lowest BCUT2D eigenvalue weighted by atomic mass is 10.1. The Morgan fingerprint density at radius 1 is 1.38 bits per heavy atom. The number of aliphatic hydroxyl groups is 1. The molecule has 1 saturated heterocycles. The van der Waals surface area contributed by atoms with Crippen LogP contribution in [-0.2, 0) is 6.54 Å². The number of hydrogen-bond acceptors (Lipinski definition) is 3. The molecule has 0 bridgehead atoms. The molecule has 2 rings (SSSR count). The largest absolute Gasteiger partial charge is 0.497 e. The first-order valence-electron chi connectivity index (χ1n) is 5.81. The Labute approximate surface area is 96.6 Å². The van der Waals surface area contributed by atoms with Gasteiger partial charge in [-0.15, -0.1) is 0 Å². The van der Waals surface area contributed by atoms with Crippen molar-refractivity contribution in [3.8, 4) is 5.75 Å². The van der Waals surface area contributed by atoms with E-state index in [0.717, 1.165) is 38.2 Å². The van der Waals surface area contributed by atoms with Gasteiger partial charge in [-0.1, -0.05) is 12.1 Å². The van der Waals surface area contributed by atoms with Crippen molar-refractivity contribution in [3.05, 3.63) is 29.8 Å². The van der Waals surface area contributed by atoms with Crippen LogP contribution in [0.3, 0.4) is 0 Å². The van der Waals surface area contributed by atoms with Crippen LogP contribution >= 0.6 is 0 Å². The SMILES string of the molecule is COc1ccc(CN2CCC[C@@H](O)C2)cc1. The van der Waals surface area contributed by atoms with Crippen LogP contribution in [0.4, 0.5) is 0 Å². The molecule has 0 amide bonds. The van der Waals surface area contributed by atoms with Gasteiger partial charge in [-0.3, -0.25) is 4.90 Å². The van der Waals surface area contributed by atoms with E-state index in [0.29, 0.717) is 0 Å². The van der Waals surface area contributed by atoms with E-state index in [2.05, 4.69) is 17.0 Å². The topological polar surface area (TPSA) is 32.7 Å². The van der Waals surface area contributed by atoms with E-state index >= 15 is 0 Å². The lowest BCUT2D eigenvalue weighted by Crippen LogP contribution is -2.37. The van der Waals surface area contributed by atoms with Gasteiger partial charge in [0.15, 0.2) is 0 Å². The molecule has 0 unspecified atom stereocenters. The Morgan fingerprint density at radius 2 is 2.12 bits per heavy atom. The summed E-state index contributed by atoms with van der Waals surface area (Å²) >= 11 is 0. The predicted octanol–water partition coefficient (Wildman–Crippen LogP) is 1.65. The molecule has 0 aliphatic carbocycles. The number of benzene rings is 1. The van der Waals surface area contributed by atoms with Crippen LogP contribution in [0.25, 0.3) is 0 Å². The number of methoxy groups -OCH3 is 1. The second kappa shape index (κ2) is 5.32. The van der Waals surface area contributed by atoms with Gasteiger partial charge in [0.1, 0.15) is 5.75 Å². The molecule has 1 fully saturated rings. The lowest BCUT2D eigenvalue weighted by molar-refractivity contribution is 0.0668. The first-order valence-corrected chi connectivity index (χ1v) is 5.81. The van der Waals surface area contributed by atoms with Crippen molar-refractivity contribution in [2.24, 2.45) is 0 Å². The molecule has 1 aromatic rings. The number of hydrogen-bond donors (Lipinski definition) is 1. The van der Waals surface area contributed by atoms with Gasteiger partial charge >= 0.3 is 0 Å². The summed E-state index contributed by atoms with van der Waals surface area (Å²) in [6.07, 6.45) is 1.89. The van der Waals surface area contributed by atoms with Gasteiger partial charge < -0.3 is 9.84 Å². The van der Waals surface area contributed by atoms with Crippen molar-refractivity contribution in [1.82, 2.24) is 4.90 Å². The molecule has 1 aliphatic rings. The fourth-order valence-corrected chi connectivity index (χ4v) is 2.16. The molecule has 1 atom stereocenters. The maximum Gasteiger partial charge on any atom is 0.118 e. The molecular formula is C13H19NO2. The first-order chi connectivity index (χ1) is 7.78. The van der Waals surface area contributed by atoms with Gasteiger partial charge in [0.2, 0.25) is 0 Å². The zero-order chi connectivity index (χ0) is 11.4. The van der Waals surface area contributed by atoms with Crippen molar-refractivity contribution in [2.75, 3.05) is 20.2 Å². The number of β-amino-alcohol motifs (C(OH)–C–C–N with tert-alkyl or cyclic N) is 1. The Morgan fingerprint density at radius 3 is 2.75 bits per heavy atom. The Bertz CT molecular complexity index is 323. The summed E-state index contributed by atoms with van der Waals surface area (Å²) in [5.41, 5.74) is 1.27. The van der Waals surface area contributed by atoms with E-state index in [-0.39, 0.29) is 6.10 Å². The summed E-state index contributed by atoms with van der Waals surface area (Å²) in [4.78, 5) is 2.30. The molecule has 3 nitrogen and oxygen atoms in total. The highest BCUT2D eigenvalue weighted by Crippen LogP contribution is 2.16. The maximum atomic E-state index is 9.58. The minimum atomic E-state index is -0.146. The number of nitrogens with zero attached hydrogens (tertiary/aromatic N) is 1. The van der Waals surface area contributed by atoms with Crippen LogP contribution in [0.2, 0.25) is 0 Å². The Kier molecular flexibility index (Phi) is 3.80. The minimum absolute atomic E-state index is 0.146. The van der Waals surface area contributed by atoms with E-state index < -0.39 is 0 Å². The van der Waals surface area contributed by atoms with E-state index in [1.54, 1.807) is 7.11 Å². The second-order valence-corrected chi connectivity index (χ2v) is 4.38. The quantitative estimate of drug-likeness (QED) is 0.842. The molecule has 0 spiro atoms. The number of ether oxygens (including phenoxy) is 1. The zero-order valence-corrected chi connectivity index (χ0v) is 9.72. The van der Waals surface area contributed by atoms with Crippen LogP contribution in [-0.4, -0.2) is 36.3 Å². The van der Waals surface area contributed by atoms with Gasteiger partial charge in [0.25, 0.3) is 0 Å². The third kappa shape index (κ3) is 2.97. The van der Waals surface area contributed by atoms with E-state index in [1.165, 1.54) is 5.56 Å². The van der Waals surface area contributed by atoms with Crippen molar-refractivity contribution in [2.45, 2.75) is 25.5 Å². The van der Waals surface area contributed by atoms with Crippen molar-refractivity contribution in [1.29, 1.82) is 0 Å². The summed E-state index contributed by atoms with van der Waals surface area (Å²) in [6.45, 7) is 2.80. The number of piperidine rings is 1. The van der Waals surface area contributed by atoms with Gasteiger partial charge in [0.05, 0.1) is 13.2 Å². The van der Waals surface area contributed by atoms with Crippen molar-refractivity contribution < 1.29 is 9.84 Å². The molecular weight excluding hydrogens is 202 g/mol. The van der Waals surface area contributed by atoms with Gasteiger partial charge in [-0.2, -0.15) is 0 Å². The van der Waals surface area contributed by atoms with Gasteiger partial charge in [0, 0.05) is 13.1 Å². The standard InChI is InChI=1S/C13H19NO2/c1-16-13-6-4-11(5-7-13)9-14-8-2-3-12(15)10-14/h4-7,12,15H,2-3,8-10H2,1H3/t12-/m1/s1. The average Bonchev–Trinajstić information content (AvgIpc) is 2.30. The summed E-state index contributed by atoms with van der Waals surface area (Å²) in [6, 6.07) is 8.13. The molecule has 0 radical (unpaired) electrons. The van der Waals surface area contributed by atoms with Crippen LogP contribution in [0.5, 0.6) is 5.75 Å². The maximum absolute atomic E-state index is 9.58. The second-order valence-electron chi connectivity index (χ2n) is 4.38. The van der Waals surface area contributed by atoms with Crippen LogP contribution in [0, 0.1) is 0 Å². The molecule has 88 valence electrons. The highest BCUT2D eigenvalue weighted by Gasteiger charge is 2.17. The summed E-state index contributed by atoms with van der Waals surface area (Å²) in [5.74, 6) is 0.891. The van der Waals surface area contributed by atoms with E-state index in [9.17, 15) is 5.11 Å².